The average molecular weight is 489 g/mol. The third kappa shape index (κ3) is 5.77. The number of aryl methyl sites for hydroxylation is 1. The second-order valence-electron chi connectivity index (χ2n) is 8.92. The number of carbonyl (C=O) groups is 2. The molecule has 0 aliphatic carbocycles. The maximum absolute atomic E-state index is 13.7. The summed E-state index contributed by atoms with van der Waals surface area (Å²) in [5, 5.41) is 3.06. The Hall–Kier alpha value is -3.09. The van der Waals surface area contributed by atoms with Gasteiger partial charge in [-0.15, -0.1) is 0 Å². The van der Waals surface area contributed by atoms with Crippen molar-refractivity contribution in [3.63, 3.8) is 0 Å². The summed E-state index contributed by atoms with van der Waals surface area (Å²) < 4.78 is 0. The summed E-state index contributed by atoms with van der Waals surface area (Å²) >= 11 is 1.58. The number of quaternary nitrogens is 1. The van der Waals surface area contributed by atoms with Crippen molar-refractivity contribution >= 4 is 29.3 Å². The average Bonchev–Trinajstić information content (AvgIpc) is 2.99. The highest BCUT2D eigenvalue weighted by Crippen LogP contribution is 2.42. The van der Waals surface area contributed by atoms with Crippen LogP contribution in [0.4, 0.5) is 5.69 Å². The van der Waals surface area contributed by atoms with Gasteiger partial charge in [0.1, 0.15) is 0 Å². The predicted octanol–water partition coefficient (Wildman–Crippen LogP) is 4.35. The van der Waals surface area contributed by atoms with Gasteiger partial charge >= 0.3 is 0 Å². The van der Waals surface area contributed by atoms with E-state index in [2.05, 4.69) is 38.2 Å². The number of amides is 2. The standard InChI is InChI=1S/C29H33N3O2S/c1-4-31(5-2)18-10-17-30-28(33)22-15-16-27-25(19-22)32(20-23-12-7-6-11-21(23)3)29(34)24-13-8-9-14-26(24)35-27/h6-9,11-16,19H,4-5,10,17-18,20H2,1-3H3,(H,30,33)/p+1. The van der Waals surface area contributed by atoms with Gasteiger partial charge in [-0.3, -0.25) is 9.59 Å². The first-order valence-corrected chi connectivity index (χ1v) is 13.2. The van der Waals surface area contributed by atoms with Crippen LogP contribution >= 0.6 is 11.8 Å². The summed E-state index contributed by atoms with van der Waals surface area (Å²) in [6, 6.07) is 21.5. The van der Waals surface area contributed by atoms with E-state index in [0.717, 1.165) is 52.7 Å². The normalized spacial score (nSPS) is 12.8. The minimum absolute atomic E-state index is 0.0464. The molecule has 0 saturated carbocycles. The Morgan fingerprint density at radius 1 is 0.971 bits per heavy atom. The third-order valence-corrected chi connectivity index (χ3v) is 7.82. The summed E-state index contributed by atoms with van der Waals surface area (Å²) in [5.41, 5.74) is 4.26. The Bertz CT molecular complexity index is 1210. The molecule has 3 aromatic carbocycles. The first-order chi connectivity index (χ1) is 17.0. The molecule has 35 heavy (non-hydrogen) atoms. The topological polar surface area (TPSA) is 53.9 Å². The number of nitrogens with zero attached hydrogens (tertiary/aromatic N) is 1. The molecule has 0 atom stereocenters. The van der Waals surface area contributed by atoms with E-state index in [-0.39, 0.29) is 11.8 Å². The summed E-state index contributed by atoms with van der Waals surface area (Å²) in [6.45, 7) is 10.8. The van der Waals surface area contributed by atoms with Crippen molar-refractivity contribution in [2.45, 2.75) is 43.5 Å². The van der Waals surface area contributed by atoms with Gasteiger partial charge in [0.2, 0.25) is 0 Å². The molecule has 1 aliphatic rings. The summed E-state index contributed by atoms with van der Waals surface area (Å²) in [6.07, 6.45) is 0.941. The van der Waals surface area contributed by atoms with Crippen molar-refractivity contribution in [1.82, 2.24) is 5.32 Å². The molecule has 0 spiro atoms. The van der Waals surface area contributed by atoms with Crippen LogP contribution in [0.1, 0.15) is 52.1 Å². The molecule has 0 fully saturated rings. The Balaban J connectivity index is 1.61. The molecule has 4 rings (SSSR count). The van der Waals surface area contributed by atoms with Crippen LogP contribution in [-0.4, -0.2) is 38.0 Å². The zero-order chi connectivity index (χ0) is 24.8. The molecule has 0 aromatic heterocycles. The lowest BCUT2D eigenvalue weighted by atomic mass is 10.1. The first-order valence-electron chi connectivity index (χ1n) is 12.4. The van der Waals surface area contributed by atoms with Crippen LogP contribution in [0.25, 0.3) is 0 Å². The summed E-state index contributed by atoms with van der Waals surface area (Å²) in [7, 11) is 0. The maximum atomic E-state index is 13.7. The molecule has 2 amide bonds. The second kappa shape index (κ2) is 11.6. The van der Waals surface area contributed by atoms with Gasteiger partial charge in [0.05, 0.1) is 37.4 Å². The molecule has 6 heteroatoms. The molecule has 0 radical (unpaired) electrons. The number of rotatable bonds is 9. The molecule has 182 valence electrons. The van der Waals surface area contributed by atoms with E-state index >= 15 is 0 Å². The largest absolute Gasteiger partial charge is 0.352 e. The van der Waals surface area contributed by atoms with E-state index < -0.39 is 0 Å². The van der Waals surface area contributed by atoms with Gasteiger partial charge in [-0.25, -0.2) is 0 Å². The Labute approximate surface area is 212 Å². The highest BCUT2D eigenvalue weighted by atomic mass is 32.2. The number of hydrogen-bond acceptors (Lipinski definition) is 3. The van der Waals surface area contributed by atoms with Crippen LogP contribution in [0.15, 0.2) is 76.5 Å². The molecule has 1 aliphatic heterocycles. The predicted molar refractivity (Wildman–Crippen MR) is 143 cm³/mol. The molecule has 0 unspecified atom stereocenters. The fourth-order valence-corrected chi connectivity index (χ4v) is 5.48. The molecule has 3 aromatic rings. The highest BCUT2D eigenvalue weighted by molar-refractivity contribution is 7.99. The van der Waals surface area contributed by atoms with E-state index in [1.165, 1.54) is 4.90 Å². The van der Waals surface area contributed by atoms with E-state index in [9.17, 15) is 9.59 Å². The Morgan fingerprint density at radius 3 is 2.49 bits per heavy atom. The van der Waals surface area contributed by atoms with Crippen LogP contribution in [0, 0.1) is 6.92 Å². The zero-order valence-electron chi connectivity index (χ0n) is 20.8. The molecule has 0 saturated heterocycles. The van der Waals surface area contributed by atoms with Gasteiger partial charge in [0.15, 0.2) is 0 Å². The van der Waals surface area contributed by atoms with Crippen LogP contribution < -0.4 is 15.1 Å². The summed E-state index contributed by atoms with van der Waals surface area (Å²) in [5.74, 6) is -0.146. The van der Waals surface area contributed by atoms with Crippen molar-refractivity contribution in [1.29, 1.82) is 0 Å². The minimum atomic E-state index is -0.0996. The van der Waals surface area contributed by atoms with Crippen LogP contribution in [-0.2, 0) is 6.54 Å². The van der Waals surface area contributed by atoms with Gasteiger partial charge in [-0.05, 0) is 62.2 Å². The number of anilines is 1. The molecule has 1 heterocycles. The van der Waals surface area contributed by atoms with E-state index in [4.69, 9.17) is 0 Å². The molecular formula is C29H34N3O2S+. The fourth-order valence-electron chi connectivity index (χ4n) is 4.42. The van der Waals surface area contributed by atoms with Crippen molar-refractivity contribution in [2.24, 2.45) is 0 Å². The number of fused-ring (bicyclic) bond motifs is 2. The van der Waals surface area contributed by atoms with Gasteiger partial charge in [-0.1, -0.05) is 48.2 Å². The number of carbonyl (C=O) groups excluding carboxylic acids is 2. The minimum Gasteiger partial charge on any atom is -0.352 e. The van der Waals surface area contributed by atoms with Crippen molar-refractivity contribution < 1.29 is 14.5 Å². The monoisotopic (exact) mass is 488 g/mol. The Morgan fingerprint density at radius 2 is 1.71 bits per heavy atom. The lowest BCUT2D eigenvalue weighted by Gasteiger charge is -2.24. The molecule has 2 N–H and O–H groups in total. The van der Waals surface area contributed by atoms with E-state index in [1.54, 1.807) is 11.8 Å². The van der Waals surface area contributed by atoms with Gasteiger partial charge in [-0.2, -0.15) is 0 Å². The van der Waals surface area contributed by atoms with Crippen LogP contribution in [0.3, 0.4) is 0 Å². The van der Waals surface area contributed by atoms with Gasteiger partial charge in [0, 0.05) is 28.3 Å². The Kier molecular flexibility index (Phi) is 8.26. The smallest absolute Gasteiger partial charge is 0.259 e. The quantitative estimate of drug-likeness (QED) is 0.440. The number of hydrogen-bond donors (Lipinski definition) is 2. The van der Waals surface area contributed by atoms with Crippen LogP contribution in [0.5, 0.6) is 0 Å². The van der Waals surface area contributed by atoms with Gasteiger partial charge in [0.25, 0.3) is 11.8 Å². The molecule has 0 bridgehead atoms. The second-order valence-corrected chi connectivity index (χ2v) is 10.00. The SMILES string of the molecule is CC[NH+](CC)CCCNC(=O)c1ccc2c(c1)N(Cc1ccccc1C)C(=O)c1ccccc1S2. The van der Waals surface area contributed by atoms with Crippen LogP contribution in [0.2, 0.25) is 0 Å². The molecule has 5 nitrogen and oxygen atoms in total. The van der Waals surface area contributed by atoms with Crippen molar-refractivity contribution in [3.05, 3.63) is 89.0 Å². The molecular weight excluding hydrogens is 454 g/mol. The first kappa shape index (κ1) is 25.0. The lowest BCUT2D eigenvalue weighted by Crippen LogP contribution is -3.11. The number of nitrogens with one attached hydrogen (secondary N) is 2. The van der Waals surface area contributed by atoms with E-state index in [1.807, 2.05) is 59.5 Å². The third-order valence-electron chi connectivity index (χ3n) is 6.68. The summed E-state index contributed by atoms with van der Waals surface area (Å²) in [4.78, 5) is 32.0. The fraction of sp³-hybridized carbons (Fsp3) is 0.310. The van der Waals surface area contributed by atoms with Crippen molar-refractivity contribution in [3.8, 4) is 0 Å². The van der Waals surface area contributed by atoms with Gasteiger partial charge < -0.3 is 15.1 Å². The number of benzene rings is 3. The van der Waals surface area contributed by atoms with E-state index in [0.29, 0.717) is 24.2 Å². The zero-order valence-corrected chi connectivity index (χ0v) is 21.6. The maximum Gasteiger partial charge on any atom is 0.259 e. The van der Waals surface area contributed by atoms with Crippen molar-refractivity contribution in [2.75, 3.05) is 31.1 Å². The lowest BCUT2D eigenvalue weighted by molar-refractivity contribution is -0.896. The highest BCUT2D eigenvalue weighted by Gasteiger charge is 2.28.